The molecule has 3 rings (SSSR count). The monoisotopic (exact) mass is 278 g/mol. The second-order valence-electron chi connectivity index (χ2n) is 8.65. The average molecular weight is 278 g/mol. The average Bonchev–Trinajstić information content (AvgIpc) is 2.94. The fourth-order valence-electron chi connectivity index (χ4n) is 5.14. The molecule has 2 aliphatic carbocycles. The Kier molecular flexibility index (Phi) is 3.92. The van der Waals surface area contributed by atoms with Crippen LogP contribution in [-0.4, -0.2) is 36.6 Å². The molecule has 0 aromatic heterocycles. The van der Waals surface area contributed by atoms with Crippen molar-refractivity contribution in [1.29, 1.82) is 0 Å². The Balaban J connectivity index is 1.67. The van der Waals surface area contributed by atoms with Crippen LogP contribution in [0.4, 0.5) is 0 Å². The summed E-state index contributed by atoms with van der Waals surface area (Å²) in [6, 6.07) is 1.55. The van der Waals surface area contributed by atoms with Crippen LogP contribution < -0.4 is 5.32 Å². The zero-order valence-electron chi connectivity index (χ0n) is 14.0. The maximum absolute atomic E-state index is 3.88. The first-order chi connectivity index (χ1) is 9.44. The predicted molar refractivity (Wildman–Crippen MR) is 85.9 cm³/mol. The summed E-state index contributed by atoms with van der Waals surface area (Å²) in [7, 11) is 0. The molecule has 20 heavy (non-hydrogen) atoms. The maximum atomic E-state index is 3.88. The fraction of sp³-hybridized carbons (Fsp3) is 1.00. The van der Waals surface area contributed by atoms with Crippen molar-refractivity contribution >= 4 is 0 Å². The van der Waals surface area contributed by atoms with E-state index in [4.69, 9.17) is 0 Å². The van der Waals surface area contributed by atoms with Gasteiger partial charge in [-0.2, -0.15) is 0 Å². The van der Waals surface area contributed by atoms with Crippen LogP contribution in [0.2, 0.25) is 0 Å². The highest BCUT2D eigenvalue weighted by atomic mass is 15.3. The Morgan fingerprint density at radius 2 is 1.55 bits per heavy atom. The number of hydrogen-bond acceptors (Lipinski definition) is 2. The molecular formula is C18H34N2. The summed E-state index contributed by atoms with van der Waals surface area (Å²) in [4.78, 5) is 2.83. The molecule has 1 N–H and O–H groups in total. The highest BCUT2D eigenvalue weighted by Gasteiger charge is 2.66. The van der Waals surface area contributed by atoms with Crippen LogP contribution in [0.3, 0.4) is 0 Å². The molecule has 0 aromatic rings. The van der Waals surface area contributed by atoms with Gasteiger partial charge < -0.3 is 5.32 Å². The van der Waals surface area contributed by atoms with Crippen LogP contribution in [0, 0.1) is 16.7 Å². The summed E-state index contributed by atoms with van der Waals surface area (Å²) in [6.07, 6.45) is 8.64. The standard InChI is InChI=1S/C18H34N2/c1-17(2)16(18(17,3)4)20-12-8-11-19-15(13-20)14-9-6-5-7-10-14/h14-16,19H,5-13H2,1-4H3. The van der Waals surface area contributed by atoms with Crippen LogP contribution in [0.1, 0.15) is 66.2 Å². The third kappa shape index (κ3) is 2.43. The molecule has 1 unspecified atom stereocenters. The third-order valence-corrected chi connectivity index (χ3v) is 6.99. The second kappa shape index (κ2) is 5.28. The van der Waals surface area contributed by atoms with E-state index in [1.807, 2.05) is 0 Å². The first kappa shape index (κ1) is 14.8. The molecule has 2 nitrogen and oxygen atoms in total. The Hall–Kier alpha value is -0.0800. The lowest BCUT2D eigenvalue weighted by Crippen LogP contribution is -2.45. The summed E-state index contributed by atoms with van der Waals surface area (Å²) < 4.78 is 0. The van der Waals surface area contributed by atoms with Crippen LogP contribution >= 0.6 is 0 Å². The van der Waals surface area contributed by atoms with E-state index in [-0.39, 0.29) is 0 Å². The van der Waals surface area contributed by atoms with E-state index in [2.05, 4.69) is 37.9 Å². The third-order valence-electron chi connectivity index (χ3n) is 6.99. The summed E-state index contributed by atoms with van der Waals surface area (Å²) in [5.41, 5.74) is 0.989. The van der Waals surface area contributed by atoms with E-state index in [1.165, 1.54) is 58.2 Å². The van der Waals surface area contributed by atoms with E-state index in [0.717, 1.165) is 18.0 Å². The molecule has 1 atom stereocenters. The molecule has 1 saturated heterocycles. The minimum Gasteiger partial charge on any atom is -0.312 e. The largest absolute Gasteiger partial charge is 0.312 e. The summed E-state index contributed by atoms with van der Waals surface area (Å²) in [5.74, 6) is 0.939. The van der Waals surface area contributed by atoms with Gasteiger partial charge in [0, 0.05) is 18.6 Å². The summed E-state index contributed by atoms with van der Waals surface area (Å²) >= 11 is 0. The Bertz CT molecular complexity index is 327. The molecule has 3 aliphatic rings. The molecule has 1 heterocycles. The van der Waals surface area contributed by atoms with Crippen molar-refractivity contribution < 1.29 is 0 Å². The summed E-state index contributed by atoms with van der Waals surface area (Å²) in [5, 5.41) is 3.88. The van der Waals surface area contributed by atoms with E-state index in [0.29, 0.717) is 10.8 Å². The normalized spacial score (nSPS) is 35.7. The van der Waals surface area contributed by atoms with Gasteiger partial charge >= 0.3 is 0 Å². The number of hydrogen-bond donors (Lipinski definition) is 1. The SMILES string of the molecule is CC1(C)C(N2CCCNC(C3CCCCC3)C2)C1(C)C. The van der Waals surface area contributed by atoms with Gasteiger partial charge in [0.15, 0.2) is 0 Å². The Morgan fingerprint density at radius 1 is 0.900 bits per heavy atom. The first-order valence-electron chi connectivity index (χ1n) is 8.92. The second-order valence-corrected chi connectivity index (χ2v) is 8.65. The van der Waals surface area contributed by atoms with Crippen molar-refractivity contribution in [3.63, 3.8) is 0 Å². The number of rotatable bonds is 2. The van der Waals surface area contributed by atoms with Gasteiger partial charge in [0.25, 0.3) is 0 Å². The minimum absolute atomic E-state index is 0.494. The lowest BCUT2D eigenvalue weighted by molar-refractivity contribution is 0.180. The number of nitrogens with zero attached hydrogens (tertiary/aromatic N) is 1. The Morgan fingerprint density at radius 3 is 2.15 bits per heavy atom. The highest BCUT2D eigenvalue weighted by Crippen LogP contribution is 2.65. The molecule has 0 spiro atoms. The van der Waals surface area contributed by atoms with Crippen LogP contribution in [0.25, 0.3) is 0 Å². The quantitative estimate of drug-likeness (QED) is 0.829. The van der Waals surface area contributed by atoms with Gasteiger partial charge in [0.1, 0.15) is 0 Å². The predicted octanol–water partition coefficient (Wildman–Crippen LogP) is 3.67. The molecule has 0 amide bonds. The minimum atomic E-state index is 0.494. The maximum Gasteiger partial charge on any atom is 0.0223 e. The van der Waals surface area contributed by atoms with E-state index in [1.54, 1.807) is 0 Å². The molecule has 0 radical (unpaired) electrons. The van der Waals surface area contributed by atoms with Crippen LogP contribution in [-0.2, 0) is 0 Å². The van der Waals surface area contributed by atoms with Gasteiger partial charge in [-0.05, 0) is 49.1 Å². The van der Waals surface area contributed by atoms with Gasteiger partial charge in [-0.3, -0.25) is 4.90 Å². The van der Waals surface area contributed by atoms with Crippen molar-refractivity contribution in [2.45, 2.75) is 78.3 Å². The first-order valence-corrected chi connectivity index (χ1v) is 8.92. The van der Waals surface area contributed by atoms with Crippen molar-refractivity contribution in [2.75, 3.05) is 19.6 Å². The molecule has 3 fully saturated rings. The van der Waals surface area contributed by atoms with Gasteiger partial charge in [0.05, 0.1) is 0 Å². The van der Waals surface area contributed by atoms with Crippen LogP contribution in [0.5, 0.6) is 0 Å². The van der Waals surface area contributed by atoms with Crippen LogP contribution in [0.15, 0.2) is 0 Å². The molecule has 1 aliphatic heterocycles. The zero-order valence-corrected chi connectivity index (χ0v) is 14.0. The van der Waals surface area contributed by atoms with Gasteiger partial charge in [-0.25, -0.2) is 0 Å². The molecule has 0 bridgehead atoms. The lowest BCUT2D eigenvalue weighted by atomic mass is 9.83. The molecule has 2 heteroatoms. The van der Waals surface area contributed by atoms with Crippen molar-refractivity contribution in [3.8, 4) is 0 Å². The molecule has 2 saturated carbocycles. The van der Waals surface area contributed by atoms with E-state index >= 15 is 0 Å². The lowest BCUT2D eigenvalue weighted by Gasteiger charge is -2.33. The smallest absolute Gasteiger partial charge is 0.0223 e. The number of nitrogens with one attached hydrogen (secondary N) is 1. The molecular weight excluding hydrogens is 244 g/mol. The topological polar surface area (TPSA) is 15.3 Å². The van der Waals surface area contributed by atoms with E-state index < -0.39 is 0 Å². The molecule has 116 valence electrons. The zero-order chi connectivity index (χ0) is 14.4. The van der Waals surface area contributed by atoms with Gasteiger partial charge in [-0.15, -0.1) is 0 Å². The van der Waals surface area contributed by atoms with Gasteiger partial charge in [0.2, 0.25) is 0 Å². The fourth-order valence-corrected chi connectivity index (χ4v) is 5.14. The van der Waals surface area contributed by atoms with Crippen molar-refractivity contribution in [1.82, 2.24) is 10.2 Å². The van der Waals surface area contributed by atoms with Crippen molar-refractivity contribution in [3.05, 3.63) is 0 Å². The van der Waals surface area contributed by atoms with E-state index in [9.17, 15) is 0 Å². The molecule has 0 aromatic carbocycles. The highest BCUT2D eigenvalue weighted by molar-refractivity contribution is 5.19. The Labute approximate surface area is 125 Å². The summed E-state index contributed by atoms with van der Waals surface area (Å²) in [6.45, 7) is 13.7. The van der Waals surface area contributed by atoms with Crippen molar-refractivity contribution in [2.24, 2.45) is 16.7 Å². The van der Waals surface area contributed by atoms with Gasteiger partial charge in [-0.1, -0.05) is 47.0 Å².